The summed E-state index contributed by atoms with van der Waals surface area (Å²) in [6.07, 6.45) is -4.52. The van der Waals surface area contributed by atoms with Gasteiger partial charge in [0.05, 0.1) is 23.2 Å². The second kappa shape index (κ2) is 6.26. The van der Waals surface area contributed by atoms with Crippen LogP contribution in [0, 0.1) is 11.3 Å². The lowest BCUT2D eigenvalue weighted by atomic mass is 10.0. The van der Waals surface area contributed by atoms with Crippen molar-refractivity contribution in [2.75, 3.05) is 0 Å². The number of hydrogen-bond donors (Lipinski definition) is 1. The molecule has 0 aliphatic carbocycles. The van der Waals surface area contributed by atoms with Crippen LogP contribution in [0.5, 0.6) is 0 Å². The maximum absolute atomic E-state index is 12.8. The second-order valence-electron chi connectivity index (χ2n) is 5.67. The first-order valence-electron chi connectivity index (χ1n) is 6.25. The molecule has 21 heavy (non-hydrogen) atoms. The summed E-state index contributed by atoms with van der Waals surface area (Å²) in [5, 5.41) is 8.85. The molecule has 0 fully saturated rings. The highest BCUT2D eigenvalue weighted by Gasteiger charge is 2.33. The molecule has 7 heteroatoms. The molecular weight excluding hydrogens is 301 g/mol. The Bertz CT molecular complexity index is 547. The van der Waals surface area contributed by atoms with E-state index in [1.165, 1.54) is 6.07 Å². The summed E-state index contributed by atoms with van der Waals surface area (Å²) in [5.74, 6) is 0. The van der Waals surface area contributed by atoms with E-state index in [-0.39, 0.29) is 11.1 Å². The van der Waals surface area contributed by atoms with Crippen LogP contribution in [0.2, 0.25) is 0 Å². The minimum atomic E-state index is -4.52. The summed E-state index contributed by atoms with van der Waals surface area (Å²) in [4.78, 5) is 0. The van der Waals surface area contributed by atoms with E-state index in [1.807, 2.05) is 0 Å². The van der Waals surface area contributed by atoms with E-state index in [0.717, 1.165) is 12.1 Å². The minimum absolute atomic E-state index is 0.0741. The van der Waals surface area contributed by atoms with Gasteiger partial charge in [0.25, 0.3) is 0 Å². The zero-order valence-corrected chi connectivity index (χ0v) is 13.0. The fourth-order valence-electron chi connectivity index (χ4n) is 1.54. The molecule has 1 unspecified atom stereocenters. The van der Waals surface area contributed by atoms with Crippen LogP contribution in [0.3, 0.4) is 0 Å². The van der Waals surface area contributed by atoms with E-state index in [9.17, 15) is 17.7 Å². The molecule has 0 aliphatic rings. The lowest BCUT2D eigenvalue weighted by molar-refractivity contribution is -0.137. The highest BCUT2D eigenvalue weighted by atomic mass is 32.2. The second-order valence-corrected chi connectivity index (χ2v) is 7.67. The van der Waals surface area contributed by atoms with E-state index in [0.29, 0.717) is 0 Å². The number of alkyl halides is 3. The third kappa shape index (κ3) is 4.92. The monoisotopic (exact) mass is 318 g/mol. The van der Waals surface area contributed by atoms with E-state index in [1.54, 1.807) is 33.8 Å². The van der Waals surface area contributed by atoms with Gasteiger partial charge in [0.15, 0.2) is 0 Å². The highest BCUT2D eigenvalue weighted by molar-refractivity contribution is 7.90. The van der Waals surface area contributed by atoms with Crippen molar-refractivity contribution in [3.05, 3.63) is 34.9 Å². The van der Waals surface area contributed by atoms with Crippen molar-refractivity contribution in [1.29, 1.82) is 5.26 Å². The average molecular weight is 318 g/mol. The predicted octanol–water partition coefficient (Wildman–Crippen LogP) is 3.69. The van der Waals surface area contributed by atoms with Crippen molar-refractivity contribution in [3.8, 4) is 6.07 Å². The van der Waals surface area contributed by atoms with Gasteiger partial charge in [0.1, 0.15) is 4.75 Å². The molecule has 0 saturated carbocycles. The molecule has 0 spiro atoms. The van der Waals surface area contributed by atoms with E-state index < -0.39 is 33.9 Å². The molecular formula is C14H17F3N2OS. The van der Waals surface area contributed by atoms with Gasteiger partial charge in [0, 0.05) is 11.4 Å². The van der Waals surface area contributed by atoms with Gasteiger partial charge in [0.2, 0.25) is 0 Å². The summed E-state index contributed by atoms with van der Waals surface area (Å²) >= 11 is -1.42. The number of nitrogens with one attached hydrogen (secondary N) is 1. The van der Waals surface area contributed by atoms with Gasteiger partial charge in [-0.2, -0.15) is 18.4 Å². The van der Waals surface area contributed by atoms with Crippen molar-refractivity contribution in [3.63, 3.8) is 0 Å². The smallest absolute Gasteiger partial charge is 0.416 e. The standard InChI is InChI=1S/C14H17F3N2OS/c1-9(19-21(20)13(2,3)4)11-5-10(8-18)6-12(7-11)14(15,16)17/h5-7,9,19H,1-4H3/t9?,21-/m1/s1. The Labute approximate surface area is 125 Å². The molecule has 116 valence electrons. The first-order chi connectivity index (χ1) is 9.45. The van der Waals surface area contributed by atoms with Crippen molar-refractivity contribution in [1.82, 2.24) is 4.72 Å². The van der Waals surface area contributed by atoms with Crippen LogP contribution < -0.4 is 4.72 Å². The van der Waals surface area contributed by atoms with Crippen molar-refractivity contribution in [2.45, 2.75) is 44.7 Å². The van der Waals surface area contributed by atoms with Gasteiger partial charge in [-0.3, -0.25) is 0 Å². The molecule has 0 aliphatic heterocycles. The summed E-state index contributed by atoms with van der Waals surface area (Å²) in [6, 6.07) is 4.29. The van der Waals surface area contributed by atoms with Crippen LogP contribution in [0.4, 0.5) is 13.2 Å². The third-order valence-electron chi connectivity index (χ3n) is 2.75. The van der Waals surface area contributed by atoms with E-state index >= 15 is 0 Å². The Hall–Kier alpha value is -1.23. The summed E-state index contributed by atoms with van der Waals surface area (Å²) < 4.78 is 52.7. The van der Waals surface area contributed by atoms with Gasteiger partial charge in [-0.25, -0.2) is 0 Å². The zero-order valence-electron chi connectivity index (χ0n) is 12.2. The van der Waals surface area contributed by atoms with Crippen LogP contribution >= 0.6 is 0 Å². The number of benzene rings is 1. The van der Waals surface area contributed by atoms with Crippen LogP contribution in [0.25, 0.3) is 0 Å². The van der Waals surface area contributed by atoms with Crippen molar-refractivity contribution in [2.24, 2.45) is 0 Å². The van der Waals surface area contributed by atoms with Crippen molar-refractivity contribution >= 4 is 11.4 Å². The predicted molar refractivity (Wildman–Crippen MR) is 75.6 cm³/mol. The minimum Gasteiger partial charge on any atom is -0.598 e. The van der Waals surface area contributed by atoms with Gasteiger partial charge >= 0.3 is 6.18 Å². The van der Waals surface area contributed by atoms with Crippen LogP contribution in [0.15, 0.2) is 18.2 Å². The topological polar surface area (TPSA) is 58.9 Å². The van der Waals surface area contributed by atoms with Gasteiger partial charge in [-0.15, -0.1) is 4.72 Å². The zero-order chi connectivity index (χ0) is 16.4. The number of nitriles is 1. The summed E-state index contributed by atoms with van der Waals surface area (Å²) in [6.45, 7) is 6.89. The Morgan fingerprint density at radius 3 is 2.24 bits per heavy atom. The fourth-order valence-corrected chi connectivity index (χ4v) is 2.35. The molecule has 0 amide bonds. The van der Waals surface area contributed by atoms with E-state index in [4.69, 9.17) is 5.26 Å². The maximum Gasteiger partial charge on any atom is 0.416 e. The van der Waals surface area contributed by atoms with Crippen LogP contribution in [-0.2, 0) is 17.5 Å². The Kier molecular flexibility index (Phi) is 5.31. The third-order valence-corrected chi connectivity index (χ3v) is 4.43. The van der Waals surface area contributed by atoms with Gasteiger partial charge in [-0.05, 0) is 51.5 Å². The first-order valence-corrected chi connectivity index (χ1v) is 7.40. The normalized spacial score (nSPS) is 15.4. The average Bonchev–Trinajstić information content (AvgIpc) is 2.35. The fraction of sp³-hybridized carbons (Fsp3) is 0.500. The SMILES string of the molecule is CC(N[S@+]([O-])C(C)(C)C)c1cc(C#N)cc(C(F)(F)F)c1. The van der Waals surface area contributed by atoms with Crippen LogP contribution in [-0.4, -0.2) is 9.30 Å². The summed E-state index contributed by atoms with van der Waals surface area (Å²) in [7, 11) is 0. The number of halogens is 3. The molecule has 0 bridgehead atoms. The number of rotatable bonds is 3. The van der Waals surface area contributed by atoms with Crippen molar-refractivity contribution < 1.29 is 17.7 Å². The summed E-state index contributed by atoms with van der Waals surface area (Å²) in [5.41, 5.74) is -0.680. The first kappa shape index (κ1) is 17.8. The molecule has 2 atom stereocenters. The number of nitrogens with zero attached hydrogens (tertiary/aromatic N) is 1. The number of hydrogen-bond acceptors (Lipinski definition) is 3. The Balaban J connectivity index is 3.10. The molecule has 0 radical (unpaired) electrons. The molecule has 1 N–H and O–H groups in total. The highest BCUT2D eigenvalue weighted by Crippen LogP contribution is 2.32. The lowest BCUT2D eigenvalue weighted by Crippen LogP contribution is -2.40. The lowest BCUT2D eigenvalue weighted by Gasteiger charge is -2.26. The molecule has 1 rings (SSSR count). The molecule has 0 heterocycles. The quantitative estimate of drug-likeness (QED) is 0.865. The molecule has 0 aromatic heterocycles. The van der Waals surface area contributed by atoms with Crippen LogP contribution in [0.1, 0.15) is 50.4 Å². The Morgan fingerprint density at radius 1 is 1.24 bits per heavy atom. The maximum atomic E-state index is 12.8. The largest absolute Gasteiger partial charge is 0.598 e. The molecule has 1 aromatic rings. The molecule has 1 aromatic carbocycles. The molecule has 3 nitrogen and oxygen atoms in total. The van der Waals surface area contributed by atoms with E-state index in [2.05, 4.69) is 4.72 Å². The Morgan fingerprint density at radius 2 is 1.81 bits per heavy atom. The molecule has 0 saturated heterocycles. The van der Waals surface area contributed by atoms with Gasteiger partial charge < -0.3 is 4.55 Å². The van der Waals surface area contributed by atoms with Gasteiger partial charge in [-0.1, -0.05) is 0 Å².